The lowest BCUT2D eigenvalue weighted by atomic mass is 10.0. The van der Waals surface area contributed by atoms with Crippen LogP contribution in [0.25, 0.3) is 22.2 Å². The van der Waals surface area contributed by atoms with Crippen LogP contribution in [0.1, 0.15) is 10.4 Å². The molecule has 0 aliphatic carbocycles. The van der Waals surface area contributed by atoms with Gasteiger partial charge in [0.05, 0.1) is 33.8 Å². The number of para-hydroxylation sites is 2. The predicted octanol–water partition coefficient (Wildman–Crippen LogP) is 8.65. The smallest absolute Gasteiger partial charge is 0.276 e. The van der Waals surface area contributed by atoms with Crippen LogP contribution in [0.4, 0.5) is 11.4 Å². The van der Waals surface area contributed by atoms with Crippen LogP contribution in [0, 0.1) is 10.1 Å². The molecule has 1 N–H and O–H groups in total. The van der Waals surface area contributed by atoms with Gasteiger partial charge in [-0.05, 0) is 48.5 Å². The maximum absolute atomic E-state index is 13.4. The summed E-state index contributed by atoms with van der Waals surface area (Å²) in [6.07, 6.45) is 0. The maximum Gasteiger partial charge on any atom is 0.276 e. The number of fused-ring (bicyclic) bond motifs is 1. The Bertz CT molecular complexity index is 1890. The number of aromatic nitrogens is 1. The molecule has 0 aliphatic heterocycles. The second-order valence-corrected chi connectivity index (χ2v) is 9.35. The molecule has 0 saturated heterocycles. The van der Waals surface area contributed by atoms with Crippen LogP contribution in [0.3, 0.4) is 0 Å². The molecule has 8 nitrogen and oxygen atoms in total. The topological polar surface area (TPSA) is 104 Å². The van der Waals surface area contributed by atoms with Gasteiger partial charge in [0.1, 0.15) is 23.0 Å². The van der Waals surface area contributed by atoms with Crippen molar-refractivity contribution in [3.63, 3.8) is 0 Å². The molecule has 6 aromatic rings. The van der Waals surface area contributed by atoms with E-state index in [1.807, 2.05) is 72.8 Å². The number of rotatable bonds is 8. The van der Waals surface area contributed by atoms with Gasteiger partial charge in [-0.1, -0.05) is 66.7 Å². The average molecular weight is 554 g/mol. The van der Waals surface area contributed by atoms with Gasteiger partial charge < -0.3 is 14.8 Å². The number of hydrogen-bond acceptors (Lipinski definition) is 6. The summed E-state index contributed by atoms with van der Waals surface area (Å²) in [5.74, 6) is 1.21. The van der Waals surface area contributed by atoms with E-state index in [2.05, 4.69) is 5.32 Å². The zero-order valence-electron chi connectivity index (χ0n) is 22.1. The van der Waals surface area contributed by atoms with E-state index < -0.39 is 4.92 Å². The highest BCUT2D eigenvalue weighted by molar-refractivity contribution is 6.13. The minimum atomic E-state index is -0.505. The standard InChI is InChI=1S/C34H23N3O5/c38-34(31-22-33(23-9-3-1-4-10-23)36-32-14-8-7-13-30(31)32)35-24-15-17-27(18-16-24)42-29-20-25(37(39)40)19-28(21-29)41-26-11-5-2-6-12-26/h1-22H,(H,35,38). The third kappa shape index (κ3) is 5.93. The molecule has 0 spiro atoms. The molecule has 42 heavy (non-hydrogen) atoms. The van der Waals surface area contributed by atoms with Crippen LogP contribution in [0.2, 0.25) is 0 Å². The molecular weight excluding hydrogens is 530 g/mol. The first-order chi connectivity index (χ1) is 20.5. The van der Waals surface area contributed by atoms with Crippen molar-refractivity contribution in [2.45, 2.75) is 0 Å². The van der Waals surface area contributed by atoms with Crippen LogP contribution in [-0.2, 0) is 0 Å². The van der Waals surface area contributed by atoms with Gasteiger partial charge in [0.2, 0.25) is 0 Å². The number of nitro groups is 1. The highest BCUT2D eigenvalue weighted by Gasteiger charge is 2.16. The highest BCUT2D eigenvalue weighted by atomic mass is 16.6. The Balaban J connectivity index is 1.22. The molecule has 204 valence electrons. The zero-order chi connectivity index (χ0) is 28.9. The molecule has 1 amide bonds. The quantitative estimate of drug-likeness (QED) is 0.149. The zero-order valence-corrected chi connectivity index (χ0v) is 22.1. The van der Waals surface area contributed by atoms with Crippen molar-refractivity contribution in [1.29, 1.82) is 0 Å². The Kier molecular flexibility index (Phi) is 7.25. The fourth-order valence-electron chi connectivity index (χ4n) is 4.47. The van der Waals surface area contributed by atoms with Gasteiger partial charge in [-0.3, -0.25) is 14.9 Å². The highest BCUT2D eigenvalue weighted by Crippen LogP contribution is 2.34. The number of non-ortho nitro benzene ring substituents is 1. The summed E-state index contributed by atoms with van der Waals surface area (Å²) in [7, 11) is 0. The first kappa shape index (κ1) is 26.2. The molecule has 0 saturated carbocycles. The van der Waals surface area contributed by atoms with Gasteiger partial charge in [0, 0.05) is 22.7 Å². The van der Waals surface area contributed by atoms with E-state index in [1.165, 1.54) is 12.1 Å². The van der Waals surface area contributed by atoms with Crippen molar-refractivity contribution in [3.8, 4) is 34.3 Å². The molecule has 0 fully saturated rings. The fraction of sp³-hybridized carbons (Fsp3) is 0. The van der Waals surface area contributed by atoms with Crippen molar-refractivity contribution >= 4 is 28.2 Å². The van der Waals surface area contributed by atoms with Gasteiger partial charge in [-0.25, -0.2) is 4.98 Å². The second-order valence-electron chi connectivity index (χ2n) is 9.35. The molecule has 0 aliphatic rings. The fourth-order valence-corrected chi connectivity index (χ4v) is 4.47. The Morgan fingerprint density at radius 1 is 0.667 bits per heavy atom. The average Bonchev–Trinajstić information content (AvgIpc) is 3.02. The Morgan fingerprint density at radius 3 is 1.93 bits per heavy atom. The predicted molar refractivity (Wildman–Crippen MR) is 161 cm³/mol. The number of carbonyl (C=O) groups excluding carboxylic acids is 1. The van der Waals surface area contributed by atoms with Crippen LogP contribution in [-0.4, -0.2) is 15.8 Å². The van der Waals surface area contributed by atoms with Crippen molar-refractivity contribution in [2.24, 2.45) is 0 Å². The largest absolute Gasteiger partial charge is 0.457 e. The van der Waals surface area contributed by atoms with E-state index in [-0.39, 0.29) is 23.1 Å². The summed E-state index contributed by atoms with van der Waals surface area (Å²) < 4.78 is 11.7. The van der Waals surface area contributed by atoms with Gasteiger partial charge >= 0.3 is 0 Å². The number of nitrogens with one attached hydrogen (secondary N) is 1. The second kappa shape index (κ2) is 11.6. The molecule has 5 aromatic carbocycles. The van der Waals surface area contributed by atoms with Crippen molar-refractivity contribution in [3.05, 3.63) is 149 Å². The molecular formula is C34H23N3O5. The summed E-state index contributed by atoms with van der Waals surface area (Å²) in [5.41, 5.74) is 3.24. The van der Waals surface area contributed by atoms with Crippen LogP contribution in [0.5, 0.6) is 23.0 Å². The van der Waals surface area contributed by atoms with Gasteiger partial charge in [0.25, 0.3) is 11.6 Å². The summed E-state index contributed by atoms with van der Waals surface area (Å²) >= 11 is 0. The summed E-state index contributed by atoms with van der Waals surface area (Å²) in [6, 6.07) is 39.0. The lowest BCUT2D eigenvalue weighted by Crippen LogP contribution is -2.13. The van der Waals surface area contributed by atoms with E-state index in [0.717, 1.165) is 16.5 Å². The summed E-state index contributed by atoms with van der Waals surface area (Å²) in [6.45, 7) is 0. The van der Waals surface area contributed by atoms with E-state index in [4.69, 9.17) is 14.5 Å². The van der Waals surface area contributed by atoms with Gasteiger partial charge in [-0.15, -0.1) is 0 Å². The molecule has 1 aromatic heterocycles. The summed E-state index contributed by atoms with van der Waals surface area (Å²) in [5, 5.41) is 15.2. The van der Waals surface area contributed by atoms with Crippen molar-refractivity contribution in [2.75, 3.05) is 5.32 Å². The number of ether oxygens (including phenoxy) is 2. The number of amides is 1. The Hall–Kier alpha value is -6.02. The molecule has 6 rings (SSSR count). The molecule has 0 atom stereocenters. The molecule has 1 heterocycles. The van der Waals surface area contributed by atoms with Gasteiger partial charge in [-0.2, -0.15) is 0 Å². The van der Waals surface area contributed by atoms with E-state index in [9.17, 15) is 14.9 Å². The minimum Gasteiger partial charge on any atom is -0.457 e. The first-order valence-electron chi connectivity index (χ1n) is 13.1. The normalized spacial score (nSPS) is 10.7. The number of benzene rings is 5. The van der Waals surface area contributed by atoms with E-state index in [1.54, 1.807) is 48.5 Å². The number of nitrogens with zero attached hydrogens (tertiary/aromatic N) is 2. The third-order valence-corrected chi connectivity index (χ3v) is 6.43. The number of anilines is 1. The Morgan fingerprint density at radius 2 is 1.26 bits per heavy atom. The first-order valence-corrected chi connectivity index (χ1v) is 13.1. The number of nitro benzene ring substituents is 1. The number of pyridine rings is 1. The van der Waals surface area contributed by atoms with Crippen LogP contribution >= 0.6 is 0 Å². The minimum absolute atomic E-state index is 0.165. The van der Waals surface area contributed by atoms with Crippen LogP contribution in [0.15, 0.2) is 133 Å². The van der Waals surface area contributed by atoms with E-state index >= 15 is 0 Å². The third-order valence-electron chi connectivity index (χ3n) is 6.43. The van der Waals surface area contributed by atoms with Crippen molar-refractivity contribution < 1.29 is 19.2 Å². The number of carbonyl (C=O) groups is 1. The van der Waals surface area contributed by atoms with Crippen molar-refractivity contribution in [1.82, 2.24) is 4.98 Å². The Labute approximate surface area is 241 Å². The molecule has 0 radical (unpaired) electrons. The SMILES string of the molecule is O=C(Nc1ccc(Oc2cc(Oc3ccccc3)cc([N+](=O)[O-])c2)cc1)c1cc(-c2ccccc2)nc2ccccc12. The van der Waals surface area contributed by atoms with E-state index in [0.29, 0.717) is 28.4 Å². The molecule has 8 heteroatoms. The lowest BCUT2D eigenvalue weighted by Gasteiger charge is -2.12. The monoisotopic (exact) mass is 553 g/mol. The van der Waals surface area contributed by atoms with Gasteiger partial charge in [0.15, 0.2) is 0 Å². The molecule has 0 unspecified atom stereocenters. The number of hydrogen-bond donors (Lipinski definition) is 1. The van der Waals surface area contributed by atoms with Crippen LogP contribution < -0.4 is 14.8 Å². The lowest BCUT2D eigenvalue weighted by molar-refractivity contribution is -0.385. The summed E-state index contributed by atoms with van der Waals surface area (Å²) in [4.78, 5) is 29.2. The maximum atomic E-state index is 13.4. The molecule has 0 bridgehead atoms.